The normalized spacial score (nSPS) is 14.8. The smallest absolute Gasteiger partial charge is 0.446 e. The van der Waals surface area contributed by atoms with Crippen molar-refractivity contribution in [3.8, 4) is 22.8 Å². The number of hydrogen-bond acceptors (Lipinski definition) is 9. The van der Waals surface area contributed by atoms with Gasteiger partial charge in [0.1, 0.15) is 28.7 Å². The number of benzene rings is 3. The van der Waals surface area contributed by atoms with Crippen LogP contribution in [-0.2, 0) is 13.1 Å². The summed E-state index contributed by atoms with van der Waals surface area (Å²) in [6.45, 7) is 4.13. The predicted molar refractivity (Wildman–Crippen MR) is 192 cm³/mol. The molecule has 1 atom stereocenters. The molecule has 1 aliphatic heterocycles. The van der Waals surface area contributed by atoms with E-state index in [4.69, 9.17) is 14.5 Å². The number of pyridine rings is 1. The Morgan fingerprint density at radius 1 is 0.925 bits per heavy atom. The number of alkyl halides is 3. The Labute approximate surface area is 306 Å². The molecule has 1 aliphatic rings. The number of carbonyl (C=O) groups is 1. The van der Waals surface area contributed by atoms with Gasteiger partial charge in [-0.05, 0) is 84.8 Å². The molecule has 3 heterocycles. The quantitative estimate of drug-likeness (QED) is 0.0851. The zero-order valence-electron chi connectivity index (χ0n) is 29.1. The number of hydrogen-bond donors (Lipinski definition) is 1. The number of aromatic nitrogens is 3. The first-order valence-corrected chi connectivity index (χ1v) is 17.2. The lowest BCUT2D eigenvalue weighted by Crippen LogP contribution is -2.53. The molecule has 2 aromatic heterocycles. The first-order valence-electron chi connectivity index (χ1n) is 16.4. The molecule has 1 unspecified atom stereocenters. The maximum absolute atomic E-state index is 16.9. The fraction of sp³-hybridized carbons (Fsp3) is 0.297. The van der Waals surface area contributed by atoms with Gasteiger partial charge < -0.3 is 29.3 Å². The number of rotatable bonds is 10. The molecule has 3 aromatic carbocycles. The van der Waals surface area contributed by atoms with Crippen LogP contribution in [0.2, 0.25) is 0 Å². The van der Waals surface area contributed by atoms with Crippen LogP contribution in [0.4, 0.5) is 38.4 Å². The highest BCUT2D eigenvalue weighted by atomic mass is 32.2. The molecule has 0 spiro atoms. The maximum atomic E-state index is 16.9. The second kappa shape index (κ2) is 15.3. The molecule has 1 saturated heterocycles. The van der Waals surface area contributed by atoms with Gasteiger partial charge in [0.2, 0.25) is 0 Å². The van der Waals surface area contributed by atoms with Crippen LogP contribution in [0.15, 0.2) is 71.6 Å². The van der Waals surface area contributed by atoms with Gasteiger partial charge in [0.05, 0.1) is 25.5 Å². The van der Waals surface area contributed by atoms with Gasteiger partial charge in [-0.15, -0.1) is 0 Å². The Morgan fingerprint density at radius 2 is 1.53 bits per heavy atom. The lowest BCUT2D eigenvalue weighted by atomic mass is 10.0. The number of aryl methyl sites for hydroxylation is 1. The van der Waals surface area contributed by atoms with E-state index in [1.165, 1.54) is 6.07 Å². The molecule has 10 nitrogen and oxygen atoms in total. The van der Waals surface area contributed by atoms with Crippen molar-refractivity contribution in [1.29, 1.82) is 0 Å². The summed E-state index contributed by atoms with van der Waals surface area (Å²) in [5.74, 6) is 0.340. The minimum absolute atomic E-state index is 0.0205. The van der Waals surface area contributed by atoms with Crippen molar-refractivity contribution in [1.82, 2.24) is 19.9 Å². The van der Waals surface area contributed by atoms with E-state index in [-0.39, 0.29) is 36.5 Å². The van der Waals surface area contributed by atoms with E-state index in [1.807, 2.05) is 53.4 Å². The molecule has 0 aliphatic carbocycles. The summed E-state index contributed by atoms with van der Waals surface area (Å²) >= 11 is -0.523. The number of ether oxygens (including phenoxy) is 2. The first-order chi connectivity index (χ1) is 25.2. The maximum Gasteiger partial charge on any atom is 0.446 e. The second-order valence-electron chi connectivity index (χ2n) is 12.5. The molecule has 0 radical (unpaired) electrons. The highest BCUT2D eigenvalue weighted by Crippen LogP contribution is 2.46. The zero-order valence-corrected chi connectivity index (χ0v) is 29.9. The summed E-state index contributed by atoms with van der Waals surface area (Å²) in [5, 5.41) is 9.30. The van der Waals surface area contributed by atoms with Crippen LogP contribution in [0.3, 0.4) is 0 Å². The monoisotopic (exact) mass is 754 g/mol. The highest BCUT2D eigenvalue weighted by Gasteiger charge is 2.35. The van der Waals surface area contributed by atoms with Crippen LogP contribution in [0.5, 0.6) is 11.5 Å². The Hall–Kier alpha value is -5.38. The number of nitrogens with zero attached hydrogens (tertiary/aromatic N) is 6. The number of anilines is 2. The van der Waals surface area contributed by atoms with Crippen molar-refractivity contribution in [2.75, 3.05) is 43.7 Å². The molecular weight excluding hydrogens is 720 g/mol. The van der Waals surface area contributed by atoms with Gasteiger partial charge in [-0.3, -0.25) is 0 Å². The number of carboxylic acid groups (broad SMARTS) is 1. The Balaban J connectivity index is 1.49. The van der Waals surface area contributed by atoms with Gasteiger partial charge in [-0.25, -0.2) is 14.2 Å². The van der Waals surface area contributed by atoms with Crippen molar-refractivity contribution < 1.29 is 41.3 Å². The summed E-state index contributed by atoms with van der Waals surface area (Å²) in [7, 11) is 3.12. The highest BCUT2D eigenvalue weighted by molar-refractivity contribution is 8.00. The van der Waals surface area contributed by atoms with Crippen LogP contribution in [0.25, 0.3) is 22.2 Å². The third-order valence-electron chi connectivity index (χ3n) is 8.84. The van der Waals surface area contributed by atoms with Gasteiger partial charge in [0, 0.05) is 49.0 Å². The van der Waals surface area contributed by atoms with E-state index in [0.29, 0.717) is 36.0 Å². The fourth-order valence-corrected chi connectivity index (χ4v) is 7.05. The van der Waals surface area contributed by atoms with Gasteiger partial charge in [0.15, 0.2) is 5.82 Å². The molecule has 1 fully saturated rings. The molecule has 6 rings (SSSR count). The summed E-state index contributed by atoms with van der Waals surface area (Å²) in [4.78, 5) is 28.0. The van der Waals surface area contributed by atoms with Crippen molar-refractivity contribution >= 4 is 40.4 Å². The van der Waals surface area contributed by atoms with Crippen LogP contribution < -0.4 is 19.3 Å². The number of halogens is 5. The Bertz CT molecular complexity index is 2070. The third-order valence-corrected chi connectivity index (χ3v) is 9.62. The lowest BCUT2D eigenvalue weighted by Gasteiger charge is -2.39. The molecule has 0 saturated carbocycles. The molecule has 1 N–H and O–H groups in total. The molecule has 53 heavy (non-hydrogen) atoms. The predicted octanol–water partition coefficient (Wildman–Crippen LogP) is 8.30. The molecule has 278 valence electrons. The summed E-state index contributed by atoms with van der Waals surface area (Å²) < 4.78 is 85.1. The van der Waals surface area contributed by atoms with Gasteiger partial charge >= 0.3 is 17.7 Å². The minimum Gasteiger partial charge on any atom is -0.497 e. The van der Waals surface area contributed by atoms with Crippen molar-refractivity contribution in [3.63, 3.8) is 0 Å². The Kier molecular flexibility index (Phi) is 10.8. The van der Waals surface area contributed by atoms with E-state index in [1.54, 1.807) is 39.0 Å². The van der Waals surface area contributed by atoms with Gasteiger partial charge in [0.25, 0.3) is 0 Å². The van der Waals surface area contributed by atoms with E-state index < -0.39 is 57.3 Å². The average Bonchev–Trinajstić information content (AvgIpc) is 3.11. The summed E-state index contributed by atoms with van der Waals surface area (Å²) in [6.07, 6.45) is -2.43. The lowest BCUT2D eigenvalue weighted by molar-refractivity contribution is -0.0328. The standard InChI is InChI=1S/C37H35F5N6O4S/c1-21-15-28(43-30(16-21)47(19-23-5-9-25(51-3)10-6-23)20-24-7-11-26(52-4)12-8-24)31-29(53-37(40,41)42)17-27-33(32(31)38)44-35(39)45-34(27)48-14-13-46(36(49)50)18-22(48)2/h5-12,15-17,22H,13-14,18-20H2,1-4H3,(H,49,50). The molecular formula is C37H35F5N6O4S. The largest absolute Gasteiger partial charge is 0.497 e. The molecule has 16 heteroatoms. The molecule has 1 amide bonds. The van der Waals surface area contributed by atoms with Gasteiger partial charge in [-0.1, -0.05) is 24.3 Å². The van der Waals surface area contributed by atoms with Crippen molar-refractivity contribution in [2.45, 2.75) is 43.4 Å². The fourth-order valence-electron chi connectivity index (χ4n) is 6.33. The van der Waals surface area contributed by atoms with Gasteiger partial charge in [-0.2, -0.15) is 27.5 Å². The van der Waals surface area contributed by atoms with E-state index in [0.717, 1.165) is 22.1 Å². The van der Waals surface area contributed by atoms with Crippen molar-refractivity contribution in [3.05, 3.63) is 95.3 Å². The summed E-state index contributed by atoms with van der Waals surface area (Å²) in [5.41, 5.74) is -3.62. The molecule has 5 aromatic rings. The van der Waals surface area contributed by atoms with Crippen LogP contribution in [0, 0.1) is 18.8 Å². The van der Waals surface area contributed by atoms with E-state index >= 15 is 8.78 Å². The zero-order chi connectivity index (χ0) is 38.0. The SMILES string of the molecule is COc1ccc(CN(Cc2ccc(OC)cc2)c2cc(C)cc(-c3c(SC(F)(F)F)cc4c(N5CCN(C(=O)O)CC5C)nc(F)nc4c3F)n2)cc1. The van der Waals surface area contributed by atoms with Crippen LogP contribution in [-0.4, -0.2) is 76.5 Å². The minimum atomic E-state index is -4.84. The molecule has 0 bridgehead atoms. The Morgan fingerprint density at radius 3 is 2.06 bits per heavy atom. The second-order valence-corrected chi connectivity index (χ2v) is 13.6. The first kappa shape index (κ1) is 37.4. The number of piperazine rings is 1. The van der Waals surface area contributed by atoms with Crippen LogP contribution in [0.1, 0.15) is 23.6 Å². The third kappa shape index (κ3) is 8.48. The average molecular weight is 755 g/mol. The van der Waals surface area contributed by atoms with Crippen molar-refractivity contribution in [2.24, 2.45) is 0 Å². The number of methoxy groups -OCH3 is 2. The number of fused-ring (bicyclic) bond motifs is 1. The van der Waals surface area contributed by atoms with Crippen LogP contribution >= 0.6 is 11.8 Å². The topological polar surface area (TPSA) is 104 Å². The number of amides is 1. The number of thioether (sulfide) groups is 1. The van der Waals surface area contributed by atoms with E-state index in [2.05, 4.69) is 9.97 Å². The summed E-state index contributed by atoms with van der Waals surface area (Å²) in [6, 6.07) is 18.5. The van der Waals surface area contributed by atoms with E-state index in [9.17, 15) is 23.1 Å².